The Balaban J connectivity index is 2.56. The van der Waals surface area contributed by atoms with E-state index in [1.807, 2.05) is 4.72 Å². The van der Waals surface area contributed by atoms with E-state index in [1.54, 1.807) is 35.1 Å². The number of carboxylic acids is 1. The highest BCUT2D eigenvalue weighted by Crippen LogP contribution is 2.04. The number of amides is 1. The minimum atomic E-state index is -4.33. The third-order valence-electron chi connectivity index (χ3n) is 2.65. The predicted octanol–water partition coefficient (Wildman–Crippen LogP) is 0.856. The van der Waals surface area contributed by atoms with Crippen LogP contribution in [0.15, 0.2) is 30.3 Å². The molecule has 0 aliphatic rings. The predicted molar refractivity (Wildman–Crippen MR) is 78.1 cm³/mol. The van der Waals surface area contributed by atoms with Gasteiger partial charge >= 0.3 is 22.3 Å². The first-order valence-corrected chi connectivity index (χ1v) is 7.93. The molecule has 1 aromatic rings. The van der Waals surface area contributed by atoms with Gasteiger partial charge in [-0.15, -0.1) is 0 Å². The van der Waals surface area contributed by atoms with Crippen molar-refractivity contribution in [3.8, 4) is 0 Å². The number of carboxylic acid groups (broad SMARTS) is 1. The van der Waals surface area contributed by atoms with Crippen molar-refractivity contribution in [2.45, 2.75) is 26.5 Å². The van der Waals surface area contributed by atoms with E-state index in [0.717, 1.165) is 0 Å². The Bertz CT molecular complexity index is 615. The smallest absolute Gasteiger partial charge is 0.422 e. The van der Waals surface area contributed by atoms with Crippen molar-refractivity contribution in [2.75, 3.05) is 0 Å². The molecule has 1 amide bonds. The standard InChI is InChI=1S/C13H18N2O6S/c1-9(2)11(12(16)17)14-22(19,20)15-13(18)21-8-10-6-4-3-5-7-10/h3-7,9,11,14H,8H2,1-2H3,(H,15,18)(H,16,17)/t11-/m0/s1. The number of carbonyl (C=O) groups excluding carboxylic acids is 1. The number of carbonyl (C=O) groups is 2. The number of benzene rings is 1. The van der Waals surface area contributed by atoms with Crippen LogP contribution >= 0.6 is 0 Å². The molecular formula is C13H18N2O6S. The Morgan fingerprint density at radius 2 is 1.82 bits per heavy atom. The van der Waals surface area contributed by atoms with Crippen molar-refractivity contribution >= 4 is 22.3 Å². The number of hydrogen-bond donors (Lipinski definition) is 3. The zero-order valence-corrected chi connectivity index (χ0v) is 13.0. The van der Waals surface area contributed by atoms with Gasteiger partial charge in [-0.1, -0.05) is 44.2 Å². The zero-order valence-electron chi connectivity index (χ0n) is 12.1. The molecule has 0 unspecified atom stereocenters. The van der Waals surface area contributed by atoms with Crippen molar-refractivity contribution in [1.82, 2.24) is 9.44 Å². The van der Waals surface area contributed by atoms with Crippen LogP contribution in [0.2, 0.25) is 0 Å². The van der Waals surface area contributed by atoms with Crippen LogP contribution in [0.25, 0.3) is 0 Å². The lowest BCUT2D eigenvalue weighted by Crippen LogP contribution is -2.50. The molecule has 1 aromatic carbocycles. The summed E-state index contributed by atoms with van der Waals surface area (Å²) >= 11 is 0. The zero-order chi connectivity index (χ0) is 16.8. The fourth-order valence-corrected chi connectivity index (χ4v) is 2.58. The first kappa shape index (κ1) is 17.9. The van der Waals surface area contributed by atoms with Crippen molar-refractivity contribution < 1.29 is 27.9 Å². The number of nitrogens with one attached hydrogen (secondary N) is 2. The van der Waals surface area contributed by atoms with E-state index in [9.17, 15) is 18.0 Å². The molecule has 22 heavy (non-hydrogen) atoms. The van der Waals surface area contributed by atoms with Gasteiger partial charge in [0.15, 0.2) is 0 Å². The van der Waals surface area contributed by atoms with Crippen LogP contribution in [-0.4, -0.2) is 31.6 Å². The molecular weight excluding hydrogens is 312 g/mol. The monoisotopic (exact) mass is 330 g/mol. The summed E-state index contributed by atoms with van der Waals surface area (Å²) in [6.07, 6.45) is -1.19. The lowest BCUT2D eigenvalue weighted by molar-refractivity contribution is -0.140. The molecule has 0 bridgehead atoms. The Morgan fingerprint density at radius 3 is 2.32 bits per heavy atom. The van der Waals surface area contributed by atoms with E-state index in [1.165, 1.54) is 13.8 Å². The van der Waals surface area contributed by atoms with Gasteiger partial charge in [0.1, 0.15) is 12.6 Å². The molecule has 3 N–H and O–H groups in total. The normalized spacial score (nSPS) is 12.7. The minimum absolute atomic E-state index is 0.102. The molecule has 0 saturated heterocycles. The van der Waals surface area contributed by atoms with E-state index in [4.69, 9.17) is 9.84 Å². The van der Waals surface area contributed by atoms with Gasteiger partial charge in [-0.25, -0.2) is 9.52 Å². The number of rotatable bonds is 7. The van der Waals surface area contributed by atoms with Crippen molar-refractivity contribution in [1.29, 1.82) is 0 Å². The van der Waals surface area contributed by atoms with Gasteiger partial charge in [0.05, 0.1) is 0 Å². The Hall–Kier alpha value is -2.13. The third-order valence-corrected chi connectivity index (χ3v) is 3.64. The van der Waals surface area contributed by atoms with Gasteiger partial charge < -0.3 is 9.84 Å². The van der Waals surface area contributed by atoms with Crippen molar-refractivity contribution in [3.05, 3.63) is 35.9 Å². The molecule has 0 fully saturated rings. The molecule has 0 saturated carbocycles. The van der Waals surface area contributed by atoms with Crippen LogP contribution in [0.3, 0.4) is 0 Å². The van der Waals surface area contributed by atoms with Gasteiger partial charge in [-0.05, 0) is 11.5 Å². The lowest BCUT2D eigenvalue weighted by Gasteiger charge is -2.18. The number of hydrogen-bond acceptors (Lipinski definition) is 5. The van der Waals surface area contributed by atoms with Gasteiger partial charge in [-0.3, -0.25) is 4.79 Å². The quantitative estimate of drug-likeness (QED) is 0.681. The van der Waals surface area contributed by atoms with Gasteiger partial charge in [0.2, 0.25) is 0 Å². The molecule has 1 rings (SSSR count). The molecule has 0 aliphatic heterocycles. The summed E-state index contributed by atoms with van der Waals surface area (Å²) in [5, 5.41) is 8.92. The van der Waals surface area contributed by atoms with Crippen LogP contribution in [0, 0.1) is 5.92 Å². The van der Waals surface area contributed by atoms with E-state index < -0.39 is 34.2 Å². The molecule has 9 heteroatoms. The SMILES string of the molecule is CC(C)[C@H](NS(=O)(=O)NC(=O)OCc1ccccc1)C(=O)O. The highest BCUT2D eigenvalue weighted by Gasteiger charge is 2.28. The van der Waals surface area contributed by atoms with Crippen LogP contribution in [0.1, 0.15) is 19.4 Å². The second-order valence-electron chi connectivity index (χ2n) is 4.85. The second-order valence-corrected chi connectivity index (χ2v) is 6.29. The van der Waals surface area contributed by atoms with Crippen molar-refractivity contribution in [3.63, 3.8) is 0 Å². The average Bonchev–Trinajstić information content (AvgIpc) is 2.43. The minimum Gasteiger partial charge on any atom is -0.480 e. The molecule has 122 valence electrons. The summed E-state index contributed by atoms with van der Waals surface area (Å²) in [4.78, 5) is 22.4. The largest absolute Gasteiger partial charge is 0.480 e. The van der Waals surface area contributed by atoms with E-state index >= 15 is 0 Å². The maximum absolute atomic E-state index is 11.7. The third kappa shape index (κ3) is 6.10. The maximum atomic E-state index is 11.7. The second kappa shape index (κ2) is 7.76. The summed E-state index contributed by atoms with van der Waals surface area (Å²) in [7, 11) is -4.33. The average molecular weight is 330 g/mol. The van der Waals surface area contributed by atoms with Gasteiger partial charge in [-0.2, -0.15) is 13.1 Å². The maximum Gasteiger partial charge on any atom is 0.422 e. The molecule has 0 aromatic heterocycles. The molecule has 0 aliphatic carbocycles. The fourth-order valence-electron chi connectivity index (χ4n) is 1.53. The van der Waals surface area contributed by atoms with Crippen LogP contribution in [-0.2, 0) is 26.3 Å². The topological polar surface area (TPSA) is 122 Å². The molecule has 8 nitrogen and oxygen atoms in total. The van der Waals surface area contributed by atoms with E-state index in [0.29, 0.717) is 5.56 Å². The number of ether oxygens (including phenoxy) is 1. The summed E-state index contributed by atoms with van der Waals surface area (Å²) in [5.41, 5.74) is 0.689. The highest BCUT2D eigenvalue weighted by atomic mass is 32.2. The molecule has 0 spiro atoms. The van der Waals surface area contributed by atoms with Gasteiger partial charge in [0.25, 0.3) is 0 Å². The van der Waals surface area contributed by atoms with Crippen LogP contribution in [0.5, 0.6) is 0 Å². The first-order valence-electron chi connectivity index (χ1n) is 6.45. The lowest BCUT2D eigenvalue weighted by atomic mass is 10.1. The summed E-state index contributed by atoms with van der Waals surface area (Å²) in [5.74, 6) is -1.83. The Kier molecular flexibility index (Phi) is 6.32. The van der Waals surface area contributed by atoms with Crippen molar-refractivity contribution in [2.24, 2.45) is 5.92 Å². The fraction of sp³-hybridized carbons (Fsp3) is 0.385. The summed E-state index contributed by atoms with van der Waals surface area (Å²) in [6.45, 7) is 2.97. The first-order chi connectivity index (χ1) is 10.2. The highest BCUT2D eigenvalue weighted by molar-refractivity contribution is 7.88. The molecule has 1 atom stereocenters. The summed E-state index contributed by atoms with van der Waals surface area (Å²) in [6, 6.07) is 7.35. The van der Waals surface area contributed by atoms with Gasteiger partial charge in [0, 0.05) is 0 Å². The summed E-state index contributed by atoms with van der Waals surface area (Å²) < 4.78 is 31.6. The van der Waals surface area contributed by atoms with E-state index in [-0.39, 0.29) is 6.61 Å². The molecule has 0 radical (unpaired) electrons. The Morgan fingerprint density at radius 1 is 1.23 bits per heavy atom. The number of aliphatic carboxylic acids is 1. The Labute approximate surface area is 128 Å². The van der Waals surface area contributed by atoms with E-state index in [2.05, 4.69) is 0 Å². The van der Waals surface area contributed by atoms with Crippen LogP contribution in [0.4, 0.5) is 4.79 Å². The molecule has 0 heterocycles. The van der Waals surface area contributed by atoms with Crippen LogP contribution < -0.4 is 9.44 Å².